The molecule has 1 aromatic heterocycles. The summed E-state index contributed by atoms with van der Waals surface area (Å²) in [6.07, 6.45) is 4.43. The van der Waals surface area contributed by atoms with Crippen LogP contribution in [0.1, 0.15) is 30.1 Å². The van der Waals surface area contributed by atoms with Crippen molar-refractivity contribution in [3.8, 4) is 0 Å². The fraction of sp³-hybridized carbons (Fsp3) is 0.353. The molecular formula is C17H20N4O3. The van der Waals surface area contributed by atoms with Crippen LogP contribution in [0.5, 0.6) is 0 Å². The number of aliphatic hydroxyl groups excluding tert-OH is 1. The van der Waals surface area contributed by atoms with Crippen LogP contribution in [-0.4, -0.2) is 39.4 Å². The third-order valence-electron chi connectivity index (χ3n) is 4.03. The minimum atomic E-state index is -0.543. The lowest BCUT2D eigenvalue weighted by Crippen LogP contribution is -2.51. The Hall–Kier alpha value is -2.67. The van der Waals surface area contributed by atoms with E-state index in [0.717, 1.165) is 6.42 Å². The Morgan fingerprint density at radius 3 is 2.92 bits per heavy atom. The lowest BCUT2D eigenvalue weighted by molar-refractivity contribution is -0.117. The molecule has 1 atom stereocenters. The van der Waals surface area contributed by atoms with Gasteiger partial charge in [0, 0.05) is 6.20 Å². The van der Waals surface area contributed by atoms with Gasteiger partial charge in [-0.3, -0.25) is 19.2 Å². The predicted molar refractivity (Wildman–Crippen MR) is 89.9 cm³/mol. The zero-order valence-electron chi connectivity index (χ0n) is 13.5. The first kappa shape index (κ1) is 16.2. The molecule has 1 aliphatic heterocycles. The molecule has 0 saturated carbocycles. The Labute approximate surface area is 139 Å². The lowest BCUT2D eigenvalue weighted by Gasteiger charge is -2.36. The normalized spacial score (nSPS) is 16.7. The van der Waals surface area contributed by atoms with Crippen LogP contribution < -0.4 is 10.2 Å². The number of amides is 2. The summed E-state index contributed by atoms with van der Waals surface area (Å²) in [6, 6.07) is 6.73. The molecule has 0 spiro atoms. The number of fused-ring (bicyclic) bond motifs is 1. The molecule has 0 saturated heterocycles. The summed E-state index contributed by atoms with van der Waals surface area (Å²) in [4.78, 5) is 27.0. The molecule has 2 heterocycles. The molecule has 2 amide bonds. The average Bonchev–Trinajstić information content (AvgIpc) is 3.04. The monoisotopic (exact) mass is 328 g/mol. The van der Waals surface area contributed by atoms with Crippen molar-refractivity contribution in [2.45, 2.75) is 32.4 Å². The van der Waals surface area contributed by atoms with Gasteiger partial charge >= 0.3 is 0 Å². The number of rotatable bonds is 5. The summed E-state index contributed by atoms with van der Waals surface area (Å²) >= 11 is 0. The largest absolute Gasteiger partial charge is 0.394 e. The molecule has 7 nitrogen and oxygen atoms in total. The molecule has 2 N–H and O–H groups in total. The molecule has 7 heteroatoms. The van der Waals surface area contributed by atoms with Crippen LogP contribution in [0, 0.1) is 0 Å². The van der Waals surface area contributed by atoms with Crippen molar-refractivity contribution in [1.82, 2.24) is 9.78 Å². The number of aliphatic hydroxyl groups is 1. The van der Waals surface area contributed by atoms with Gasteiger partial charge in [-0.15, -0.1) is 0 Å². The van der Waals surface area contributed by atoms with E-state index >= 15 is 0 Å². The second kappa shape index (κ2) is 6.84. The molecule has 2 aromatic rings. The summed E-state index contributed by atoms with van der Waals surface area (Å²) in [5.41, 5.74) is 1.72. The summed E-state index contributed by atoms with van der Waals surface area (Å²) in [5.74, 6) is -0.438. The van der Waals surface area contributed by atoms with Crippen LogP contribution in [0.15, 0.2) is 36.7 Å². The quantitative estimate of drug-likeness (QED) is 0.873. The van der Waals surface area contributed by atoms with Gasteiger partial charge in [0.15, 0.2) is 0 Å². The maximum atomic E-state index is 13.0. The Morgan fingerprint density at radius 1 is 1.38 bits per heavy atom. The highest BCUT2D eigenvalue weighted by Crippen LogP contribution is 2.34. The summed E-state index contributed by atoms with van der Waals surface area (Å²) in [7, 11) is 0. The Kier molecular flexibility index (Phi) is 4.61. The molecule has 1 unspecified atom stereocenters. The molecule has 3 rings (SSSR count). The SMILES string of the molecule is CCCC1C(=O)Nc2ccccc2N1C(=O)c1cnn(CCO)c1. The van der Waals surface area contributed by atoms with E-state index in [1.165, 1.54) is 10.9 Å². The molecule has 0 aliphatic carbocycles. The maximum Gasteiger partial charge on any atom is 0.262 e. The van der Waals surface area contributed by atoms with Gasteiger partial charge in [-0.25, -0.2) is 0 Å². The van der Waals surface area contributed by atoms with Crippen LogP contribution in [0.25, 0.3) is 0 Å². The van der Waals surface area contributed by atoms with E-state index in [2.05, 4.69) is 10.4 Å². The van der Waals surface area contributed by atoms with E-state index in [0.29, 0.717) is 29.9 Å². The van der Waals surface area contributed by atoms with Crippen molar-refractivity contribution in [1.29, 1.82) is 0 Å². The number of nitrogens with zero attached hydrogens (tertiary/aromatic N) is 3. The van der Waals surface area contributed by atoms with Crippen molar-refractivity contribution >= 4 is 23.2 Å². The third kappa shape index (κ3) is 2.90. The molecule has 0 bridgehead atoms. The number of carbonyl (C=O) groups is 2. The lowest BCUT2D eigenvalue weighted by atomic mass is 10.0. The summed E-state index contributed by atoms with van der Waals surface area (Å²) < 4.78 is 1.51. The zero-order chi connectivity index (χ0) is 17.1. The number of benzene rings is 1. The number of anilines is 2. The molecule has 126 valence electrons. The molecule has 24 heavy (non-hydrogen) atoms. The van der Waals surface area contributed by atoms with Gasteiger partial charge < -0.3 is 10.4 Å². The average molecular weight is 328 g/mol. The first-order valence-corrected chi connectivity index (χ1v) is 8.02. The van der Waals surface area contributed by atoms with Crippen molar-refractivity contribution in [3.63, 3.8) is 0 Å². The molecule has 0 fully saturated rings. The van der Waals surface area contributed by atoms with E-state index in [1.54, 1.807) is 17.2 Å². The van der Waals surface area contributed by atoms with Crippen LogP contribution in [0.4, 0.5) is 11.4 Å². The van der Waals surface area contributed by atoms with E-state index in [9.17, 15) is 9.59 Å². The first-order valence-electron chi connectivity index (χ1n) is 8.02. The van der Waals surface area contributed by atoms with E-state index < -0.39 is 6.04 Å². The van der Waals surface area contributed by atoms with Gasteiger partial charge in [-0.05, 0) is 18.6 Å². The van der Waals surface area contributed by atoms with Crippen molar-refractivity contribution in [3.05, 3.63) is 42.2 Å². The highest BCUT2D eigenvalue weighted by molar-refractivity contribution is 6.16. The molecule has 1 aromatic carbocycles. The maximum absolute atomic E-state index is 13.0. The van der Waals surface area contributed by atoms with Crippen LogP contribution in [0.3, 0.4) is 0 Å². The van der Waals surface area contributed by atoms with Gasteiger partial charge in [0.05, 0.1) is 36.3 Å². The van der Waals surface area contributed by atoms with Crippen molar-refractivity contribution < 1.29 is 14.7 Å². The molecule has 1 aliphatic rings. The topological polar surface area (TPSA) is 87.5 Å². The fourth-order valence-electron chi connectivity index (χ4n) is 2.91. The number of hydrogen-bond donors (Lipinski definition) is 2. The van der Waals surface area contributed by atoms with Crippen LogP contribution in [0.2, 0.25) is 0 Å². The molecular weight excluding hydrogens is 308 g/mol. The van der Waals surface area contributed by atoms with Crippen LogP contribution >= 0.6 is 0 Å². The highest BCUT2D eigenvalue weighted by atomic mass is 16.3. The Bertz CT molecular complexity index is 756. The highest BCUT2D eigenvalue weighted by Gasteiger charge is 2.36. The van der Waals surface area contributed by atoms with Crippen LogP contribution in [-0.2, 0) is 11.3 Å². The minimum Gasteiger partial charge on any atom is -0.394 e. The van der Waals surface area contributed by atoms with Gasteiger partial charge in [-0.1, -0.05) is 25.5 Å². The van der Waals surface area contributed by atoms with Gasteiger partial charge in [-0.2, -0.15) is 5.10 Å². The standard InChI is InChI=1S/C17H20N4O3/c1-2-5-15-16(23)19-13-6-3-4-7-14(13)21(15)17(24)12-10-18-20(11-12)8-9-22/h3-4,6-7,10-11,15,22H,2,5,8-9H2,1H3,(H,19,23). The second-order valence-corrected chi connectivity index (χ2v) is 5.70. The number of aromatic nitrogens is 2. The Balaban J connectivity index is 2.00. The van der Waals surface area contributed by atoms with E-state index in [-0.39, 0.29) is 18.4 Å². The number of para-hydroxylation sites is 2. The van der Waals surface area contributed by atoms with Gasteiger partial charge in [0.2, 0.25) is 5.91 Å². The smallest absolute Gasteiger partial charge is 0.262 e. The third-order valence-corrected chi connectivity index (χ3v) is 4.03. The van der Waals surface area contributed by atoms with Crippen molar-refractivity contribution in [2.24, 2.45) is 0 Å². The summed E-state index contributed by atoms with van der Waals surface area (Å²) in [6.45, 7) is 2.25. The van der Waals surface area contributed by atoms with Gasteiger partial charge in [0.1, 0.15) is 6.04 Å². The van der Waals surface area contributed by atoms with Crippen molar-refractivity contribution in [2.75, 3.05) is 16.8 Å². The fourth-order valence-corrected chi connectivity index (χ4v) is 2.91. The molecule has 0 radical (unpaired) electrons. The number of nitrogens with one attached hydrogen (secondary N) is 1. The number of hydrogen-bond acceptors (Lipinski definition) is 4. The van der Waals surface area contributed by atoms with E-state index in [4.69, 9.17) is 5.11 Å². The summed E-state index contributed by atoms with van der Waals surface area (Å²) in [5, 5.41) is 15.9. The Morgan fingerprint density at radius 2 is 2.17 bits per heavy atom. The zero-order valence-corrected chi connectivity index (χ0v) is 13.5. The minimum absolute atomic E-state index is 0.0529. The first-order chi connectivity index (χ1) is 11.7. The van der Waals surface area contributed by atoms with Gasteiger partial charge in [0.25, 0.3) is 5.91 Å². The van der Waals surface area contributed by atoms with E-state index in [1.807, 2.05) is 25.1 Å². The second-order valence-electron chi connectivity index (χ2n) is 5.70. The number of carbonyl (C=O) groups excluding carboxylic acids is 2. The predicted octanol–water partition coefficient (Wildman–Crippen LogP) is 1.64.